The average Bonchev–Trinajstić information content (AvgIpc) is 3.07. The molecule has 106 valence electrons. The maximum Gasteiger partial charge on any atom is 0.289 e. The summed E-state index contributed by atoms with van der Waals surface area (Å²) in [5, 5.41) is 4.12. The van der Waals surface area contributed by atoms with Gasteiger partial charge in [0, 0.05) is 25.1 Å². The van der Waals surface area contributed by atoms with Crippen molar-refractivity contribution >= 4 is 5.91 Å². The number of hydrogen-bond donors (Lipinski definition) is 0. The Morgan fingerprint density at radius 2 is 2.35 bits per heavy atom. The van der Waals surface area contributed by atoms with Crippen molar-refractivity contribution in [1.29, 1.82) is 0 Å². The molecule has 3 rings (SSSR count). The molecule has 0 bridgehead atoms. The molecule has 20 heavy (non-hydrogen) atoms. The number of fused-ring (bicyclic) bond motifs is 1. The van der Waals surface area contributed by atoms with Crippen LogP contribution in [0.3, 0.4) is 0 Å². The van der Waals surface area contributed by atoms with Crippen LogP contribution in [0.15, 0.2) is 27.3 Å². The van der Waals surface area contributed by atoms with Gasteiger partial charge in [-0.05, 0) is 26.2 Å². The minimum Gasteiger partial charge on any atom is -0.459 e. The van der Waals surface area contributed by atoms with E-state index in [4.69, 9.17) is 8.94 Å². The van der Waals surface area contributed by atoms with Crippen LogP contribution < -0.4 is 0 Å². The van der Waals surface area contributed by atoms with Crippen molar-refractivity contribution in [3.8, 4) is 0 Å². The number of rotatable bonds is 3. The van der Waals surface area contributed by atoms with E-state index in [1.807, 2.05) is 19.0 Å². The number of carbonyl (C=O) groups is 1. The minimum absolute atomic E-state index is 0.0855. The summed E-state index contributed by atoms with van der Waals surface area (Å²) in [7, 11) is 3.96. The molecule has 0 spiro atoms. The highest BCUT2D eigenvalue weighted by molar-refractivity contribution is 5.91. The summed E-state index contributed by atoms with van der Waals surface area (Å²) in [5.41, 5.74) is 1.94. The van der Waals surface area contributed by atoms with Crippen LogP contribution >= 0.6 is 0 Å². The van der Waals surface area contributed by atoms with Crippen LogP contribution in [0.2, 0.25) is 0 Å². The third kappa shape index (κ3) is 2.34. The normalized spacial score (nSPS) is 14.7. The standard InChI is InChI=1S/C14H17N3O3/c1-16(2)9-11-10-8-17(6-5-12(10)20-15-11)14(18)13-4-3-7-19-13/h3-4,7H,5-6,8-9H2,1-2H3. The van der Waals surface area contributed by atoms with Crippen molar-refractivity contribution in [2.24, 2.45) is 0 Å². The van der Waals surface area contributed by atoms with Crippen molar-refractivity contribution in [2.45, 2.75) is 19.5 Å². The predicted octanol–water partition coefficient (Wildman–Crippen LogP) is 1.53. The summed E-state index contributed by atoms with van der Waals surface area (Å²) in [5.74, 6) is 1.18. The summed E-state index contributed by atoms with van der Waals surface area (Å²) >= 11 is 0. The van der Waals surface area contributed by atoms with Gasteiger partial charge in [-0.15, -0.1) is 0 Å². The number of carbonyl (C=O) groups excluding carboxylic acids is 1. The van der Waals surface area contributed by atoms with E-state index in [0.29, 0.717) is 31.8 Å². The maximum atomic E-state index is 12.3. The molecule has 0 aromatic carbocycles. The van der Waals surface area contributed by atoms with Crippen molar-refractivity contribution in [2.75, 3.05) is 20.6 Å². The van der Waals surface area contributed by atoms with Gasteiger partial charge in [0.15, 0.2) is 5.76 Å². The lowest BCUT2D eigenvalue weighted by Crippen LogP contribution is -2.35. The number of nitrogens with zero attached hydrogens (tertiary/aromatic N) is 3. The first kappa shape index (κ1) is 12.9. The first-order valence-corrected chi connectivity index (χ1v) is 6.59. The van der Waals surface area contributed by atoms with Gasteiger partial charge in [0.2, 0.25) is 0 Å². The molecule has 2 aromatic rings. The van der Waals surface area contributed by atoms with Crippen molar-refractivity contribution in [3.63, 3.8) is 0 Å². The predicted molar refractivity (Wildman–Crippen MR) is 71.0 cm³/mol. The Kier molecular flexibility index (Phi) is 3.31. The molecule has 1 amide bonds. The van der Waals surface area contributed by atoms with E-state index >= 15 is 0 Å². The Hall–Kier alpha value is -2.08. The van der Waals surface area contributed by atoms with E-state index < -0.39 is 0 Å². The highest BCUT2D eigenvalue weighted by Gasteiger charge is 2.28. The monoisotopic (exact) mass is 275 g/mol. The van der Waals surface area contributed by atoms with E-state index in [0.717, 1.165) is 17.0 Å². The molecular weight excluding hydrogens is 258 g/mol. The van der Waals surface area contributed by atoms with E-state index in [1.165, 1.54) is 6.26 Å². The van der Waals surface area contributed by atoms with Crippen LogP contribution in [0.25, 0.3) is 0 Å². The van der Waals surface area contributed by atoms with Gasteiger partial charge in [-0.25, -0.2) is 0 Å². The second kappa shape index (κ2) is 5.13. The first-order valence-electron chi connectivity index (χ1n) is 6.59. The zero-order valence-electron chi connectivity index (χ0n) is 11.6. The lowest BCUT2D eigenvalue weighted by Gasteiger charge is -2.25. The molecule has 0 atom stereocenters. The van der Waals surface area contributed by atoms with Gasteiger partial charge >= 0.3 is 0 Å². The Morgan fingerprint density at radius 3 is 3.05 bits per heavy atom. The number of hydrogen-bond acceptors (Lipinski definition) is 5. The summed E-state index contributed by atoms with van der Waals surface area (Å²) in [6.07, 6.45) is 2.21. The fourth-order valence-electron chi connectivity index (χ4n) is 2.42. The second-order valence-corrected chi connectivity index (χ2v) is 5.22. The fourth-order valence-corrected chi connectivity index (χ4v) is 2.42. The summed E-state index contributed by atoms with van der Waals surface area (Å²) in [6, 6.07) is 3.41. The number of aromatic nitrogens is 1. The Bertz CT molecular complexity index is 601. The van der Waals surface area contributed by atoms with Crippen molar-refractivity contribution in [3.05, 3.63) is 41.2 Å². The van der Waals surface area contributed by atoms with Gasteiger partial charge in [0.05, 0.1) is 12.8 Å². The SMILES string of the molecule is CN(C)Cc1noc2c1CN(C(=O)c1ccco1)CC2. The molecule has 0 unspecified atom stereocenters. The van der Waals surface area contributed by atoms with Crippen LogP contribution in [0.1, 0.15) is 27.6 Å². The first-order chi connectivity index (χ1) is 9.65. The summed E-state index contributed by atoms with van der Waals surface area (Å²) in [6.45, 7) is 1.87. The topological polar surface area (TPSA) is 62.7 Å². The molecule has 0 N–H and O–H groups in total. The van der Waals surface area contributed by atoms with Gasteiger partial charge in [-0.2, -0.15) is 0 Å². The Labute approximate surface area is 116 Å². The molecule has 0 fully saturated rings. The highest BCUT2D eigenvalue weighted by Crippen LogP contribution is 2.24. The third-order valence-corrected chi connectivity index (χ3v) is 3.39. The lowest BCUT2D eigenvalue weighted by atomic mass is 10.1. The molecule has 2 aromatic heterocycles. The molecular formula is C14H17N3O3. The second-order valence-electron chi connectivity index (χ2n) is 5.22. The van der Waals surface area contributed by atoms with Crippen molar-refractivity contribution < 1.29 is 13.7 Å². The van der Waals surface area contributed by atoms with E-state index in [9.17, 15) is 4.79 Å². The maximum absolute atomic E-state index is 12.3. The van der Waals surface area contributed by atoms with Gasteiger partial charge in [-0.3, -0.25) is 4.79 Å². The zero-order chi connectivity index (χ0) is 14.1. The van der Waals surface area contributed by atoms with Crippen LogP contribution in [0.5, 0.6) is 0 Å². The van der Waals surface area contributed by atoms with Gasteiger partial charge in [0.25, 0.3) is 5.91 Å². The molecule has 0 radical (unpaired) electrons. The molecule has 0 saturated carbocycles. The van der Waals surface area contributed by atoms with Crippen LogP contribution in [-0.4, -0.2) is 41.5 Å². The molecule has 0 saturated heterocycles. The third-order valence-electron chi connectivity index (χ3n) is 3.39. The van der Waals surface area contributed by atoms with Crippen molar-refractivity contribution in [1.82, 2.24) is 15.0 Å². The molecule has 0 aliphatic carbocycles. The molecule has 6 heteroatoms. The zero-order valence-corrected chi connectivity index (χ0v) is 11.6. The Morgan fingerprint density at radius 1 is 1.50 bits per heavy atom. The van der Waals surface area contributed by atoms with Crippen LogP contribution in [0, 0.1) is 0 Å². The van der Waals surface area contributed by atoms with Gasteiger partial charge < -0.3 is 18.7 Å². The average molecular weight is 275 g/mol. The van der Waals surface area contributed by atoms with E-state index in [2.05, 4.69) is 5.16 Å². The summed E-state index contributed by atoms with van der Waals surface area (Å²) in [4.78, 5) is 16.1. The molecule has 1 aliphatic heterocycles. The Balaban J connectivity index is 1.80. The number of amides is 1. The highest BCUT2D eigenvalue weighted by atomic mass is 16.5. The lowest BCUT2D eigenvalue weighted by molar-refractivity contribution is 0.0696. The fraction of sp³-hybridized carbons (Fsp3) is 0.429. The van der Waals surface area contributed by atoms with Gasteiger partial charge in [0.1, 0.15) is 11.5 Å². The molecule has 6 nitrogen and oxygen atoms in total. The quantitative estimate of drug-likeness (QED) is 0.850. The minimum atomic E-state index is -0.0855. The summed E-state index contributed by atoms with van der Waals surface area (Å²) < 4.78 is 10.5. The number of furan rings is 1. The van der Waals surface area contributed by atoms with E-state index in [1.54, 1.807) is 17.0 Å². The largest absolute Gasteiger partial charge is 0.459 e. The molecule has 3 heterocycles. The molecule has 1 aliphatic rings. The smallest absolute Gasteiger partial charge is 0.289 e. The van der Waals surface area contributed by atoms with Crippen LogP contribution in [-0.2, 0) is 19.5 Å². The van der Waals surface area contributed by atoms with Gasteiger partial charge in [-0.1, -0.05) is 5.16 Å². The van der Waals surface area contributed by atoms with Crippen LogP contribution in [0.4, 0.5) is 0 Å². The van der Waals surface area contributed by atoms with E-state index in [-0.39, 0.29) is 5.91 Å².